The molecule has 0 spiro atoms. The molecular weight excluding hydrogens is 407 g/mol. The van der Waals surface area contributed by atoms with Crippen LogP contribution in [-0.4, -0.2) is 23.9 Å². The molecule has 6 heteroatoms. The van der Waals surface area contributed by atoms with Gasteiger partial charge in [0.1, 0.15) is 16.0 Å². The Morgan fingerprint density at radius 3 is 2.19 bits per heavy atom. The molecule has 1 aromatic carbocycles. The van der Waals surface area contributed by atoms with E-state index in [-0.39, 0.29) is 5.75 Å². The Morgan fingerprint density at radius 2 is 1.78 bits per heavy atom. The van der Waals surface area contributed by atoms with Crippen LogP contribution in [0.25, 0.3) is 5.57 Å². The maximum absolute atomic E-state index is 9.68. The molecule has 0 heterocycles. The van der Waals surface area contributed by atoms with E-state index >= 15 is 0 Å². The number of allylic oxidation sites excluding steroid dienone is 2. The Bertz CT molecular complexity index is 589. The van der Waals surface area contributed by atoms with Gasteiger partial charge in [0.15, 0.2) is 0 Å². The number of methoxy groups -OCH3 is 1. The average Bonchev–Trinajstić information content (AvgIpc) is 2.68. The number of aliphatic hydroxyl groups excluding tert-OH is 1. The highest BCUT2D eigenvalue weighted by Crippen LogP contribution is 2.42. The van der Waals surface area contributed by atoms with E-state index < -0.39 is 0 Å². The fourth-order valence-electron chi connectivity index (χ4n) is 2.70. The Kier molecular flexibility index (Phi) is 14.6. The van der Waals surface area contributed by atoms with Crippen LogP contribution in [0, 0.1) is 5.92 Å². The van der Waals surface area contributed by atoms with Crippen molar-refractivity contribution in [3.05, 3.63) is 39.9 Å². The van der Waals surface area contributed by atoms with E-state index in [2.05, 4.69) is 6.58 Å². The predicted molar refractivity (Wildman–Crippen MR) is 118 cm³/mol. The minimum atomic E-state index is 0.160. The highest BCUT2D eigenvalue weighted by atomic mass is 35.5. The first kappa shape index (κ1) is 26.1. The zero-order valence-electron chi connectivity index (χ0n) is 16.4. The summed E-state index contributed by atoms with van der Waals surface area (Å²) in [6.45, 7) is 8.21. The minimum Gasteiger partial charge on any atom is -0.508 e. The van der Waals surface area contributed by atoms with Crippen LogP contribution in [0.3, 0.4) is 0 Å². The maximum Gasteiger partial charge on any atom is 0.145 e. The number of hydrogen-bond donors (Lipinski definition) is 2. The third-order valence-electron chi connectivity index (χ3n) is 4.12. The summed E-state index contributed by atoms with van der Waals surface area (Å²) in [6.07, 6.45) is 8.62. The van der Waals surface area contributed by atoms with Gasteiger partial charge in [-0.1, -0.05) is 73.6 Å². The van der Waals surface area contributed by atoms with Gasteiger partial charge < -0.3 is 14.9 Å². The van der Waals surface area contributed by atoms with Crippen LogP contribution in [0.1, 0.15) is 57.9 Å². The number of aromatic hydroxyl groups is 1. The van der Waals surface area contributed by atoms with Crippen LogP contribution in [0.5, 0.6) is 11.5 Å². The zero-order valence-corrected chi connectivity index (χ0v) is 18.7. The summed E-state index contributed by atoms with van der Waals surface area (Å²) in [5, 5.41) is 18.0. The van der Waals surface area contributed by atoms with E-state index in [1.165, 1.54) is 25.3 Å². The summed E-state index contributed by atoms with van der Waals surface area (Å²) in [5.41, 5.74) is 1.87. The summed E-state index contributed by atoms with van der Waals surface area (Å²) >= 11 is 16.3. The summed E-state index contributed by atoms with van der Waals surface area (Å²) in [7, 11) is 1.59. The first-order valence-electron chi connectivity index (χ1n) is 9.16. The van der Waals surface area contributed by atoms with Crippen LogP contribution in [0.4, 0.5) is 0 Å². The van der Waals surface area contributed by atoms with Crippen molar-refractivity contribution in [1.82, 2.24) is 0 Å². The van der Waals surface area contributed by atoms with Gasteiger partial charge in [-0.25, -0.2) is 0 Å². The average molecular weight is 438 g/mol. The number of phenolic OH excluding ortho intramolecular Hbond substituents is 1. The number of rotatable bonds is 4. The van der Waals surface area contributed by atoms with Crippen LogP contribution < -0.4 is 4.74 Å². The van der Waals surface area contributed by atoms with Gasteiger partial charge in [0, 0.05) is 18.2 Å². The van der Waals surface area contributed by atoms with E-state index in [1.807, 2.05) is 6.92 Å². The lowest BCUT2D eigenvalue weighted by Gasteiger charge is -2.25. The van der Waals surface area contributed by atoms with Crippen LogP contribution in [0.2, 0.25) is 5.02 Å². The van der Waals surface area contributed by atoms with Crippen molar-refractivity contribution in [2.45, 2.75) is 52.4 Å². The van der Waals surface area contributed by atoms with Gasteiger partial charge in [0.25, 0.3) is 0 Å². The maximum atomic E-state index is 9.68. The first-order chi connectivity index (χ1) is 12.8. The molecule has 27 heavy (non-hydrogen) atoms. The van der Waals surface area contributed by atoms with E-state index in [9.17, 15) is 5.11 Å². The van der Waals surface area contributed by atoms with Crippen molar-refractivity contribution in [3.8, 4) is 11.5 Å². The molecule has 1 aliphatic rings. The van der Waals surface area contributed by atoms with Crippen molar-refractivity contribution < 1.29 is 14.9 Å². The van der Waals surface area contributed by atoms with E-state index in [0.29, 0.717) is 27.8 Å². The molecule has 0 radical (unpaired) electrons. The molecule has 3 nitrogen and oxygen atoms in total. The second kappa shape index (κ2) is 15.1. The van der Waals surface area contributed by atoms with Crippen molar-refractivity contribution in [3.63, 3.8) is 0 Å². The molecule has 0 bridgehead atoms. The topological polar surface area (TPSA) is 49.7 Å². The first-order valence-corrected chi connectivity index (χ1v) is 10.3. The fourth-order valence-corrected chi connectivity index (χ4v) is 2.99. The summed E-state index contributed by atoms with van der Waals surface area (Å²) in [5.74, 6) is 1.25. The normalized spacial score (nSPS) is 13.4. The van der Waals surface area contributed by atoms with Crippen LogP contribution in [-0.2, 0) is 0 Å². The zero-order chi connectivity index (χ0) is 20.8. The standard InChI is InChI=1S/C15H19ClO2.C3H4Cl2.C3H8O/c1-10(11-6-4-3-5-7-11)13-8-12(17)9-14(16)15(13)18-2;1-2-3(4)5;1-2-3-4/h8-9,11,17H,1,3-7H2,2H3;2H,1H3;4H,2-3H2,1H3. The van der Waals surface area contributed by atoms with Gasteiger partial charge in [-0.15, -0.1) is 0 Å². The van der Waals surface area contributed by atoms with Crippen molar-refractivity contribution >= 4 is 40.4 Å². The third-order valence-corrected chi connectivity index (χ3v) is 4.84. The molecule has 0 saturated heterocycles. The van der Waals surface area contributed by atoms with Crippen molar-refractivity contribution in [1.29, 1.82) is 0 Å². The summed E-state index contributed by atoms with van der Waals surface area (Å²) in [6, 6.07) is 3.19. The molecule has 1 aromatic rings. The number of aliphatic hydroxyl groups is 1. The lowest BCUT2D eigenvalue weighted by molar-refractivity contribution is 0.295. The Balaban J connectivity index is 0.000000630. The van der Waals surface area contributed by atoms with Crippen LogP contribution >= 0.6 is 34.8 Å². The monoisotopic (exact) mass is 436 g/mol. The van der Waals surface area contributed by atoms with E-state index in [1.54, 1.807) is 26.2 Å². The number of ether oxygens (including phenoxy) is 1. The smallest absolute Gasteiger partial charge is 0.145 e. The molecule has 0 aromatic heterocycles. The number of phenols is 1. The summed E-state index contributed by atoms with van der Waals surface area (Å²) < 4.78 is 5.66. The second-order valence-corrected chi connectivity index (χ2v) is 7.59. The van der Waals surface area contributed by atoms with Crippen molar-refractivity contribution in [2.75, 3.05) is 13.7 Å². The largest absolute Gasteiger partial charge is 0.508 e. The lowest BCUT2D eigenvalue weighted by atomic mass is 9.81. The lowest BCUT2D eigenvalue weighted by Crippen LogP contribution is -2.08. The molecule has 0 atom stereocenters. The van der Waals surface area contributed by atoms with Gasteiger partial charge >= 0.3 is 0 Å². The molecule has 0 aliphatic heterocycles. The third kappa shape index (κ3) is 10.3. The SMILES string of the molecule is C=C(c1cc(O)cc(Cl)c1OC)C1CCCCC1.CC=C(Cl)Cl.CCCO. The molecule has 1 fully saturated rings. The molecular formula is C21H31Cl3O3. The molecule has 0 unspecified atom stereocenters. The van der Waals surface area contributed by atoms with Crippen LogP contribution in [0.15, 0.2) is 29.3 Å². The predicted octanol–water partition coefficient (Wildman–Crippen LogP) is 7.36. The number of halogens is 3. The quantitative estimate of drug-likeness (QED) is 0.517. The Labute approximate surface area is 178 Å². The molecule has 2 N–H and O–H groups in total. The van der Waals surface area contributed by atoms with E-state index in [0.717, 1.165) is 30.4 Å². The number of hydrogen-bond acceptors (Lipinski definition) is 3. The molecule has 0 amide bonds. The van der Waals surface area contributed by atoms with Crippen molar-refractivity contribution in [2.24, 2.45) is 5.92 Å². The molecule has 1 saturated carbocycles. The Hall–Kier alpha value is -0.870. The van der Waals surface area contributed by atoms with Gasteiger partial charge in [-0.3, -0.25) is 0 Å². The highest BCUT2D eigenvalue weighted by molar-refractivity contribution is 6.55. The van der Waals surface area contributed by atoms with E-state index in [4.69, 9.17) is 44.6 Å². The van der Waals surface area contributed by atoms with Gasteiger partial charge in [0.2, 0.25) is 0 Å². The Morgan fingerprint density at radius 1 is 1.26 bits per heavy atom. The summed E-state index contributed by atoms with van der Waals surface area (Å²) in [4.78, 5) is 0. The molecule has 2 rings (SSSR count). The second-order valence-electron chi connectivity index (χ2n) is 6.17. The minimum absolute atomic E-state index is 0.160. The fraction of sp³-hybridized carbons (Fsp3) is 0.524. The molecule has 154 valence electrons. The molecule has 1 aliphatic carbocycles. The van der Waals surface area contributed by atoms with Gasteiger partial charge in [0.05, 0.1) is 12.1 Å². The van der Waals surface area contributed by atoms with Gasteiger partial charge in [-0.2, -0.15) is 0 Å². The van der Waals surface area contributed by atoms with Gasteiger partial charge in [-0.05, 0) is 43.7 Å². The highest BCUT2D eigenvalue weighted by Gasteiger charge is 2.21. The number of benzene rings is 1.